The Hall–Kier alpha value is -2.29. The minimum atomic E-state index is -3.08. The van der Waals surface area contributed by atoms with Crippen LogP contribution in [-0.4, -0.2) is 58.2 Å². The average Bonchev–Trinajstić information content (AvgIpc) is 2.91. The minimum absolute atomic E-state index is 0.0593. The Morgan fingerprint density at radius 3 is 2.64 bits per heavy atom. The highest BCUT2D eigenvalue weighted by Gasteiger charge is 2.29. The van der Waals surface area contributed by atoms with Gasteiger partial charge < -0.3 is 19.5 Å². The summed E-state index contributed by atoms with van der Waals surface area (Å²) in [5, 5.41) is 2.55. The molecule has 0 spiro atoms. The van der Waals surface area contributed by atoms with E-state index in [4.69, 9.17) is 14.2 Å². The van der Waals surface area contributed by atoms with Crippen LogP contribution in [0.5, 0.6) is 11.5 Å². The Morgan fingerprint density at radius 2 is 2.04 bits per heavy atom. The van der Waals surface area contributed by atoms with Gasteiger partial charge in [-0.3, -0.25) is 4.79 Å². The Labute approximate surface area is 146 Å². The van der Waals surface area contributed by atoms with Gasteiger partial charge in [-0.05, 0) is 31.5 Å². The van der Waals surface area contributed by atoms with Gasteiger partial charge in [-0.25, -0.2) is 13.2 Å². The summed E-state index contributed by atoms with van der Waals surface area (Å²) in [6.07, 6.45) is 0.373. The van der Waals surface area contributed by atoms with Gasteiger partial charge in [0.2, 0.25) is 0 Å². The summed E-state index contributed by atoms with van der Waals surface area (Å²) in [5.74, 6) is -0.349. The summed E-state index contributed by atoms with van der Waals surface area (Å²) >= 11 is 0. The van der Waals surface area contributed by atoms with E-state index in [9.17, 15) is 18.0 Å². The molecule has 1 aromatic rings. The second-order valence-electron chi connectivity index (χ2n) is 5.54. The fraction of sp³-hybridized carbons (Fsp3) is 0.500. The number of carbonyl (C=O) groups excluding carboxylic acids is 2. The summed E-state index contributed by atoms with van der Waals surface area (Å²) in [7, 11) is -1.59. The van der Waals surface area contributed by atoms with Crippen molar-refractivity contribution in [3.63, 3.8) is 0 Å². The van der Waals surface area contributed by atoms with E-state index in [-0.39, 0.29) is 17.1 Å². The molecular weight excluding hydrogens is 350 g/mol. The smallest absolute Gasteiger partial charge is 0.338 e. The molecule has 0 saturated carbocycles. The first kappa shape index (κ1) is 19.0. The summed E-state index contributed by atoms with van der Waals surface area (Å²) in [6.45, 7) is 1.73. The molecule has 1 fully saturated rings. The number of esters is 1. The van der Waals surface area contributed by atoms with Gasteiger partial charge in [0.1, 0.15) is 0 Å². The molecule has 9 heteroatoms. The zero-order valence-corrected chi connectivity index (χ0v) is 14.9. The average molecular weight is 371 g/mol. The van der Waals surface area contributed by atoms with Crippen LogP contribution in [0, 0.1) is 0 Å². The number of benzene rings is 1. The van der Waals surface area contributed by atoms with Gasteiger partial charge in [0.25, 0.3) is 5.91 Å². The monoisotopic (exact) mass is 371 g/mol. The number of amides is 1. The molecule has 2 rings (SSSR count). The van der Waals surface area contributed by atoms with Crippen LogP contribution < -0.4 is 14.8 Å². The van der Waals surface area contributed by atoms with Gasteiger partial charge in [-0.15, -0.1) is 0 Å². The second kappa shape index (κ2) is 8.19. The zero-order valence-electron chi connectivity index (χ0n) is 14.1. The van der Waals surface area contributed by atoms with E-state index in [1.807, 2.05) is 0 Å². The van der Waals surface area contributed by atoms with Crippen molar-refractivity contribution < 1.29 is 32.2 Å². The van der Waals surface area contributed by atoms with Gasteiger partial charge in [-0.2, -0.15) is 0 Å². The van der Waals surface area contributed by atoms with E-state index in [0.29, 0.717) is 24.5 Å². The highest BCUT2D eigenvalue weighted by molar-refractivity contribution is 7.91. The van der Waals surface area contributed by atoms with E-state index in [2.05, 4.69) is 5.32 Å². The molecule has 138 valence electrons. The second-order valence-corrected chi connectivity index (χ2v) is 7.77. The van der Waals surface area contributed by atoms with E-state index in [1.54, 1.807) is 13.0 Å². The number of nitrogens with one attached hydrogen (secondary N) is 1. The first-order chi connectivity index (χ1) is 11.8. The van der Waals surface area contributed by atoms with Gasteiger partial charge in [0.15, 0.2) is 27.9 Å². The lowest BCUT2D eigenvalue weighted by atomic mass is 10.2. The summed E-state index contributed by atoms with van der Waals surface area (Å²) < 4.78 is 38.2. The van der Waals surface area contributed by atoms with Crippen molar-refractivity contribution in [3.05, 3.63) is 23.8 Å². The Morgan fingerprint density at radius 1 is 1.28 bits per heavy atom. The maximum atomic E-state index is 12.1. The van der Waals surface area contributed by atoms with Crippen LogP contribution in [0.1, 0.15) is 23.7 Å². The molecule has 1 aromatic carbocycles. The van der Waals surface area contributed by atoms with E-state index in [1.165, 1.54) is 19.2 Å². The molecule has 1 amide bonds. The lowest BCUT2D eigenvalue weighted by Crippen LogP contribution is -2.38. The molecule has 8 nitrogen and oxygen atoms in total. The van der Waals surface area contributed by atoms with Crippen LogP contribution in [0.15, 0.2) is 18.2 Å². The molecule has 0 radical (unpaired) electrons. The number of hydrogen-bond donors (Lipinski definition) is 1. The first-order valence-corrected chi connectivity index (χ1v) is 9.64. The van der Waals surface area contributed by atoms with Crippen LogP contribution in [0.2, 0.25) is 0 Å². The van der Waals surface area contributed by atoms with Crippen LogP contribution >= 0.6 is 0 Å². The number of ether oxygens (including phenoxy) is 3. The lowest BCUT2D eigenvalue weighted by molar-refractivity contribution is -0.124. The Bertz CT molecular complexity index is 745. The van der Waals surface area contributed by atoms with Crippen LogP contribution in [0.4, 0.5) is 0 Å². The fourth-order valence-corrected chi connectivity index (χ4v) is 4.14. The maximum absolute atomic E-state index is 12.1. The third kappa shape index (κ3) is 5.35. The van der Waals surface area contributed by atoms with Crippen molar-refractivity contribution in [2.45, 2.75) is 19.4 Å². The number of sulfone groups is 1. The topological polar surface area (TPSA) is 108 Å². The van der Waals surface area contributed by atoms with Crippen molar-refractivity contribution >= 4 is 21.7 Å². The Kier molecular flexibility index (Phi) is 6.24. The molecule has 1 aliphatic heterocycles. The molecule has 0 bridgehead atoms. The van der Waals surface area contributed by atoms with Crippen LogP contribution in [-0.2, 0) is 19.4 Å². The number of hydrogen-bond acceptors (Lipinski definition) is 7. The van der Waals surface area contributed by atoms with Gasteiger partial charge in [-0.1, -0.05) is 0 Å². The summed E-state index contributed by atoms with van der Waals surface area (Å²) in [5.41, 5.74) is 0.223. The molecule has 1 heterocycles. The minimum Gasteiger partial charge on any atom is -0.493 e. The first-order valence-electron chi connectivity index (χ1n) is 7.82. The van der Waals surface area contributed by atoms with Crippen molar-refractivity contribution in [2.75, 3.05) is 31.8 Å². The molecule has 25 heavy (non-hydrogen) atoms. The molecule has 0 unspecified atom stereocenters. The normalized spacial score (nSPS) is 18.4. The number of methoxy groups -OCH3 is 1. The maximum Gasteiger partial charge on any atom is 0.338 e. The van der Waals surface area contributed by atoms with Crippen molar-refractivity contribution in [2.24, 2.45) is 0 Å². The highest BCUT2D eigenvalue weighted by Crippen LogP contribution is 2.28. The molecule has 1 N–H and O–H groups in total. The van der Waals surface area contributed by atoms with Crippen LogP contribution in [0.3, 0.4) is 0 Å². The van der Waals surface area contributed by atoms with E-state index < -0.39 is 34.4 Å². The highest BCUT2D eigenvalue weighted by atomic mass is 32.2. The lowest BCUT2D eigenvalue weighted by Gasteiger charge is -2.12. The predicted octanol–water partition coefficient (Wildman–Crippen LogP) is 0.554. The number of rotatable bonds is 7. The molecular formula is C16H21NO7S. The molecule has 1 atom stereocenters. The summed E-state index contributed by atoms with van der Waals surface area (Å²) in [4.78, 5) is 23.8. The quantitative estimate of drug-likeness (QED) is 0.698. The third-order valence-electron chi connectivity index (χ3n) is 3.63. The summed E-state index contributed by atoms with van der Waals surface area (Å²) in [6, 6.07) is 4.13. The van der Waals surface area contributed by atoms with E-state index in [0.717, 1.165) is 0 Å². The fourth-order valence-electron chi connectivity index (χ4n) is 2.46. The predicted molar refractivity (Wildman–Crippen MR) is 89.6 cm³/mol. The zero-order chi connectivity index (χ0) is 18.4. The molecule has 0 aromatic heterocycles. The molecule has 1 aliphatic rings. The van der Waals surface area contributed by atoms with Gasteiger partial charge >= 0.3 is 5.97 Å². The largest absolute Gasteiger partial charge is 0.493 e. The van der Waals surface area contributed by atoms with Crippen molar-refractivity contribution in [1.82, 2.24) is 5.32 Å². The molecule has 0 aliphatic carbocycles. The number of carbonyl (C=O) groups is 2. The van der Waals surface area contributed by atoms with Crippen molar-refractivity contribution in [1.29, 1.82) is 0 Å². The third-order valence-corrected chi connectivity index (χ3v) is 5.40. The van der Waals surface area contributed by atoms with Gasteiger partial charge in [0.05, 0.1) is 30.8 Å². The standard InChI is InChI=1S/C16H21NO7S/c1-3-23-14-8-11(4-5-13(14)22-2)16(19)24-9-15(18)17-12-6-7-25(20,21)10-12/h4-5,8,12H,3,6-7,9-10H2,1-2H3,(H,17,18)/t12-/m1/s1. The SMILES string of the molecule is CCOc1cc(C(=O)OCC(=O)N[C@@H]2CCS(=O)(=O)C2)ccc1OC. The molecule has 1 saturated heterocycles. The Balaban J connectivity index is 1.89. The van der Waals surface area contributed by atoms with Gasteiger partial charge in [0, 0.05) is 6.04 Å². The van der Waals surface area contributed by atoms with Crippen LogP contribution in [0.25, 0.3) is 0 Å². The van der Waals surface area contributed by atoms with E-state index >= 15 is 0 Å². The van der Waals surface area contributed by atoms with Crippen molar-refractivity contribution in [3.8, 4) is 11.5 Å².